The van der Waals surface area contributed by atoms with E-state index in [1.54, 1.807) is 37.4 Å². The molecule has 3 aromatic rings. The lowest BCUT2D eigenvalue weighted by Crippen LogP contribution is -2.50. The number of halogens is 1. The number of aromatic nitrogens is 2. The van der Waals surface area contributed by atoms with E-state index in [0.29, 0.717) is 23.3 Å². The predicted octanol–water partition coefficient (Wildman–Crippen LogP) is 2.72. The van der Waals surface area contributed by atoms with Crippen LogP contribution in [0.15, 0.2) is 47.7 Å². The minimum atomic E-state index is -3.73. The lowest BCUT2D eigenvalue weighted by Gasteiger charge is -2.34. The lowest BCUT2D eigenvalue weighted by atomic mass is 9.91. The Morgan fingerprint density at radius 3 is 2.77 bits per heavy atom. The zero-order valence-corrected chi connectivity index (χ0v) is 17.7. The molecule has 0 fully saturated rings. The summed E-state index contributed by atoms with van der Waals surface area (Å²) >= 11 is 0. The first-order chi connectivity index (χ1) is 14.6. The molecule has 10 heteroatoms. The molecule has 1 aliphatic rings. The minimum Gasteiger partial charge on any atom is -0.369 e. The first kappa shape index (κ1) is 20.7. The number of rotatable bonds is 3. The summed E-state index contributed by atoms with van der Waals surface area (Å²) in [4.78, 5) is 16.4. The highest BCUT2D eigenvalue weighted by molar-refractivity contribution is 7.89. The largest absolute Gasteiger partial charge is 0.369 e. The number of hydrogen-bond acceptors (Lipinski definition) is 6. The third kappa shape index (κ3) is 3.68. The van der Waals surface area contributed by atoms with E-state index in [9.17, 15) is 12.8 Å². The third-order valence-corrected chi connectivity index (χ3v) is 7.29. The van der Waals surface area contributed by atoms with Crippen molar-refractivity contribution in [3.8, 4) is 0 Å². The van der Waals surface area contributed by atoms with Crippen molar-refractivity contribution in [1.29, 1.82) is 0 Å². The summed E-state index contributed by atoms with van der Waals surface area (Å²) in [5.41, 5.74) is 7.05. The average Bonchev–Trinajstić information content (AvgIpc) is 2.72. The van der Waals surface area contributed by atoms with Gasteiger partial charge in [0.15, 0.2) is 0 Å². The Morgan fingerprint density at radius 1 is 1.29 bits per heavy atom. The molecule has 0 aliphatic carbocycles. The molecule has 1 atom stereocenters. The molecule has 158 valence electrons. The fraction of sp³-hybridized carbons (Fsp3) is 0.238. The Morgan fingerprint density at radius 2 is 2.06 bits per heavy atom. The van der Waals surface area contributed by atoms with Gasteiger partial charge in [-0.15, -0.1) is 0 Å². The van der Waals surface area contributed by atoms with Gasteiger partial charge in [-0.3, -0.25) is 9.97 Å². The third-order valence-electron chi connectivity index (χ3n) is 5.34. The van der Waals surface area contributed by atoms with E-state index in [-0.39, 0.29) is 11.5 Å². The van der Waals surface area contributed by atoms with Crippen molar-refractivity contribution in [3.63, 3.8) is 0 Å². The number of hydrogen-bond donors (Lipinski definition) is 1. The van der Waals surface area contributed by atoms with Gasteiger partial charge in [-0.25, -0.2) is 27.0 Å². The smallest absolute Gasteiger partial charge is 0.239 e. The van der Waals surface area contributed by atoms with E-state index in [2.05, 4.69) is 19.8 Å². The first-order valence-corrected chi connectivity index (χ1v) is 11.0. The highest BCUT2D eigenvalue weighted by atomic mass is 32.2. The van der Waals surface area contributed by atoms with E-state index in [4.69, 9.17) is 12.3 Å². The van der Waals surface area contributed by atoms with Crippen molar-refractivity contribution in [3.05, 3.63) is 76.8 Å². The van der Waals surface area contributed by atoms with Crippen LogP contribution in [-0.2, 0) is 22.0 Å². The highest BCUT2D eigenvalue weighted by Crippen LogP contribution is 2.34. The summed E-state index contributed by atoms with van der Waals surface area (Å²) in [6, 6.07) is 8.02. The van der Waals surface area contributed by atoms with Crippen LogP contribution >= 0.6 is 0 Å². The number of nitrogens with zero attached hydrogens (tertiary/aromatic N) is 5. The van der Waals surface area contributed by atoms with Crippen molar-refractivity contribution < 1.29 is 12.8 Å². The second-order valence-electron chi connectivity index (χ2n) is 7.59. The molecule has 0 bridgehead atoms. The molecule has 0 radical (unpaired) electrons. The normalized spacial score (nSPS) is 20.3. The van der Waals surface area contributed by atoms with Gasteiger partial charge >= 0.3 is 0 Å². The molecule has 0 amide bonds. The number of benzene rings is 1. The Hall–Kier alpha value is -3.58. The van der Waals surface area contributed by atoms with Crippen molar-refractivity contribution in [2.24, 2.45) is 10.7 Å². The number of nitrogens with two attached hydrogens (primary N) is 1. The monoisotopic (exact) mass is 438 g/mol. The van der Waals surface area contributed by atoms with Crippen LogP contribution in [0.1, 0.15) is 23.7 Å². The highest BCUT2D eigenvalue weighted by Gasteiger charge is 2.41. The number of aliphatic imine (C=N–C) groups is 1. The summed E-state index contributed by atoms with van der Waals surface area (Å²) in [7, 11) is -2.41. The summed E-state index contributed by atoms with van der Waals surface area (Å²) in [5, 5.41) is 0.784. The summed E-state index contributed by atoms with van der Waals surface area (Å²) in [6.07, 6.45) is 3.46. The molecule has 3 heterocycles. The molecule has 0 unspecified atom stereocenters. The van der Waals surface area contributed by atoms with Crippen molar-refractivity contribution in [2.45, 2.75) is 18.9 Å². The van der Waals surface area contributed by atoms with Crippen LogP contribution in [0.25, 0.3) is 15.7 Å². The second kappa shape index (κ2) is 7.28. The van der Waals surface area contributed by atoms with Crippen LogP contribution in [0.2, 0.25) is 0 Å². The lowest BCUT2D eigenvalue weighted by molar-refractivity contribution is 0.457. The van der Waals surface area contributed by atoms with E-state index in [1.165, 1.54) is 19.3 Å². The Kier molecular flexibility index (Phi) is 4.86. The van der Waals surface area contributed by atoms with E-state index >= 15 is 0 Å². The fourth-order valence-corrected chi connectivity index (χ4v) is 5.12. The van der Waals surface area contributed by atoms with Gasteiger partial charge in [-0.05, 0) is 36.1 Å². The van der Waals surface area contributed by atoms with Crippen molar-refractivity contribution >= 4 is 32.6 Å². The quantitative estimate of drug-likeness (QED) is 0.633. The maximum absolute atomic E-state index is 14.8. The van der Waals surface area contributed by atoms with Gasteiger partial charge in [-0.2, -0.15) is 0 Å². The molecule has 8 nitrogen and oxygen atoms in total. The maximum atomic E-state index is 14.8. The topological polar surface area (TPSA) is 106 Å². The SMILES string of the molecule is [C-]#[N+]c1cnc2c(Cc3ccc(F)c([C@]4(C)CS(=O)(=O)N(C)C(N)=N4)c3)nccc2c1. The van der Waals surface area contributed by atoms with Crippen LogP contribution < -0.4 is 5.73 Å². The number of fused-ring (bicyclic) bond motifs is 1. The average molecular weight is 438 g/mol. The van der Waals surface area contributed by atoms with Crippen LogP contribution in [0.5, 0.6) is 0 Å². The summed E-state index contributed by atoms with van der Waals surface area (Å²) < 4.78 is 40.6. The number of guanidine groups is 1. The van der Waals surface area contributed by atoms with Crippen LogP contribution in [0, 0.1) is 12.4 Å². The molecule has 31 heavy (non-hydrogen) atoms. The molecule has 0 spiro atoms. The molecule has 2 aromatic heterocycles. The minimum absolute atomic E-state index is 0.146. The molecular formula is C21H19FN6O2S. The standard InChI is InChI=1S/C21H19FN6O2S/c1-21(12-31(29,30)28(3)20(23)27-21)16-8-13(4-5-17(16)22)9-18-19-14(6-7-25-18)10-15(24-2)11-26-19/h4-8,10-11H,9,12H2,1,3H3,(H2,23,27)/t21-/m0/s1. The molecule has 2 N–H and O–H groups in total. The zero-order valence-electron chi connectivity index (χ0n) is 16.9. The van der Waals surface area contributed by atoms with Crippen LogP contribution in [0.4, 0.5) is 10.1 Å². The van der Waals surface area contributed by atoms with Gasteiger partial charge in [-0.1, -0.05) is 12.1 Å². The van der Waals surface area contributed by atoms with Gasteiger partial charge in [0, 0.05) is 31.4 Å². The van der Waals surface area contributed by atoms with Gasteiger partial charge in [0.1, 0.15) is 11.4 Å². The zero-order chi connectivity index (χ0) is 22.4. The molecule has 0 saturated carbocycles. The summed E-state index contributed by atoms with van der Waals surface area (Å²) in [5.74, 6) is -1.15. The Labute approximate surface area is 179 Å². The summed E-state index contributed by atoms with van der Waals surface area (Å²) in [6.45, 7) is 8.69. The van der Waals surface area contributed by atoms with Crippen LogP contribution in [-0.4, -0.2) is 41.5 Å². The van der Waals surface area contributed by atoms with Gasteiger partial charge < -0.3 is 5.73 Å². The number of sulfonamides is 1. The van der Waals surface area contributed by atoms with Gasteiger partial charge in [0.25, 0.3) is 0 Å². The van der Waals surface area contributed by atoms with Crippen molar-refractivity contribution in [2.75, 3.05) is 12.8 Å². The van der Waals surface area contributed by atoms with Gasteiger partial charge in [0.2, 0.25) is 21.7 Å². The Balaban J connectivity index is 1.76. The molecule has 1 aromatic carbocycles. The van der Waals surface area contributed by atoms with E-state index in [0.717, 1.165) is 15.3 Å². The van der Waals surface area contributed by atoms with Gasteiger partial charge in [0.05, 0.1) is 23.5 Å². The Bertz CT molecular complexity index is 1380. The number of pyridine rings is 2. The molecule has 4 rings (SSSR count). The molecule has 1 aliphatic heterocycles. The van der Waals surface area contributed by atoms with Crippen molar-refractivity contribution in [1.82, 2.24) is 14.3 Å². The van der Waals surface area contributed by atoms with E-state index in [1.807, 2.05) is 0 Å². The van der Waals surface area contributed by atoms with E-state index < -0.39 is 27.1 Å². The van der Waals surface area contributed by atoms with Crippen LogP contribution in [0.3, 0.4) is 0 Å². The first-order valence-electron chi connectivity index (χ1n) is 9.35. The predicted molar refractivity (Wildman–Crippen MR) is 116 cm³/mol. The second-order valence-corrected chi connectivity index (χ2v) is 9.59. The maximum Gasteiger partial charge on any atom is 0.239 e. The molecule has 0 saturated heterocycles. The molecular weight excluding hydrogens is 419 g/mol. The fourth-order valence-electron chi connectivity index (χ4n) is 3.67.